The first-order valence-corrected chi connectivity index (χ1v) is 14.1. The van der Waals surface area contributed by atoms with Crippen molar-refractivity contribution in [2.24, 2.45) is 5.10 Å². The van der Waals surface area contributed by atoms with Gasteiger partial charge in [-0.05, 0) is 55.0 Å². The molecule has 2 N–H and O–H groups in total. The minimum Gasteiger partial charge on any atom is -0.495 e. The molecule has 4 rings (SSSR count). The third-order valence-electron chi connectivity index (χ3n) is 5.85. The van der Waals surface area contributed by atoms with Gasteiger partial charge in [0, 0.05) is 11.6 Å². The Bertz CT molecular complexity index is 1650. The second-order valence-corrected chi connectivity index (χ2v) is 11.2. The number of carbonyl (C=O) groups excluding carboxylic acids is 2. The van der Waals surface area contributed by atoms with Gasteiger partial charge in [0.05, 0.1) is 30.5 Å². The van der Waals surface area contributed by atoms with Crippen molar-refractivity contribution in [1.29, 1.82) is 0 Å². The van der Waals surface area contributed by atoms with E-state index in [1.54, 1.807) is 48.5 Å². The van der Waals surface area contributed by atoms with Gasteiger partial charge in [0.15, 0.2) is 0 Å². The van der Waals surface area contributed by atoms with Crippen LogP contribution >= 0.6 is 11.6 Å². The number of nitrogens with zero attached hydrogens (tertiary/aromatic N) is 2. The summed E-state index contributed by atoms with van der Waals surface area (Å²) in [6.45, 7) is 1.97. The number of furan rings is 1. The summed E-state index contributed by atoms with van der Waals surface area (Å²) >= 11 is 5.95. The molecule has 0 bridgehead atoms. The second-order valence-electron chi connectivity index (χ2n) is 8.87. The monoisotopic (exact) mass is 594 g/mol. The van der Waals surface area contributed by atoms with Crippen LogP contribution in [-0.4, -0.2) is 37.9 Å². The molecule has 0 aliphatic heterocycles. The van der Waals surface area contributed by atoms with E-state index in [-0.39, 0.29) is 29.4 Å². The Hall–Kier alpha value is -4.45. The number of benzene rings is 3. The lowest BCUT2D eigenvalue weighted by Crippen LogP contribution is -2.32. The van der Waals surface area contributed by atoms with Crippen LogP contribution in [0.1, 0.15) is 22.6 Å². The normalized spacial score (nSPS) is 11.5. The van der Waals surface area contributed by atoms with E-state index in [4.69, 9.17) is 20.8 Å². The van der Waals surface area contributed by atoms with E-state index in [1.165, 1.54) is 23.7 Å². The van der Waals surface area contributed by atoms with Gasteiger partial charge in [-0.15, -0.1) is 0 Å². The highest BCUT2D eigenvalue weighted by Gasteiger charge is 2.26. The Labute approximate surface area is 242 Å². The molecule has 4 aromatic rings. The maximum atomic E-state index is 13.5. The molecule has 3 aromatic carbocycles. The summed E-state index contributed by atoms with van der Waals surface area (Å²) in [6.07, 6.45) is 1.20. The van der Waals surface area contributed by atoms with Crippen LogP contribution in [0.2, 0.25) is 5.02 Å². The lowest BCUT2D eigenvalue weighted by atomic mass is 10.2. The Balaban J connectivity index is 1.43. The topological polar surface area (TPSA) is 130 Å². The number of rotatable bonds is 10. The van der Waals surface area contributed by atoms with Crippen LogP contribution in [0, 0.1) is 6.92 Å². The summed E-state index contributed by atoms with van der Waals surface area (Å²) in [5.41, 5.74) is 4.10. The number of hydrogen-bond donors (Lipinski definition) is 2. The van der Waals surface area contributed by atoms with Crippen molar-refractivity contribution in [1.82, 2.24) is 9.73 Å². The average molecular weight is 595 g/mol. The Kier molecular flexibility index (Phi) is 9.56. The van der Waals surface area contributed by atoms with Crippen molar-refractivity contribution in [3.63, 3.8) is 0 Å². The quantitative estimate of drug-likeness (QED) is 0.155. The maximum absolute atomic E-state index is 13.5. The minimum absolute atomic E-state index is 0.0465. The van der Waals surface area contributed by atoms with E-state index in [0.29, 0.717) is 16.5 Å². The van der Waals surface area contributed by atoms with Gasteiger partial charge in [0.2, 0.25) is 10.0 Å². The van der Waals surface area contributed by atoms with Crippen molar-refractivity contribution in [2.45, 2.75) is 24.9 Å². The van der Waals surface area contributed by atoms with Crippen LogP contribution in [0.4, 0.5) is 5.69 Å². The standard InChI is InChI=1S/C29H27ClN4O6S/c1-20-8-13-25(14-9-20)41(37,38)34(18-21-6-4-3-5-7-21)19-24-12-11-23(40-24)17-31-33-29(36)28(35)32-26-16-22(30)10-15-27(26)39-2/h3-17H,18-19H2,1-2H3,(H,32,35)(H,33,36)/b31-17+. The zero-order chi connectivity index (χ0) is 29.4. The molecule has 0 spiro atoms. The van der Waals surface area contributed by atoms with E-state index in [0.717, 1.165) is 11.1 Å². The molecule has 0 fully saturated rings. The molecule has 212 valence electrons. The van der Waals surface area contributed by atoms with E-state index < -0.39 is 21.8 Å². The molecule has 10 nitrogen and oxygen atoms in total. The summed E-state index contributed by atoms with van der Waals surface area (Å²) in [7, 11) is -2.44. The van der Waals surface area contributed by atoms with Gasteiger partial charge < -0.3 is 14.5 Å². The highest BCUT2D eigenvalue weighted by Crippen LogP contribution is 2.27. The summed E-state index contributed by atoms with van der Waals surface area (Å²) < 4.78 is 39.2. The first-order chi connectivity index (χ1) is 19.7. The molecule has 1 aromatic heterocycles. The zero-order valence-corrected chi connectivity index (χ0v) is 23.8. The number of carbonyl (C=O) groups is 2. The molecule has 0 radical (unpaired) electrons. The molecule has 1 heterocycles. The number of hydrazone groups is 1. The summed E-state index contributed by atoms with van der Waals surface area (Å²) in [5.74, 6) is -1.10. The minimum atomic E-state index is -3.86. The Morgan fingerprint density at radius 1 is 0.976 bits per heavy atom. The number of ether oxygens (including phenoxy) is 1. The molecular formula is C29H27ClN4O6S. The third kappa shape index (κ3) is 7.82. The third-order valence-corrected chi connectivity index (χ3v) is 7.89. The highest BCUT2D eigenvalue weighted by molar-refractivity contribution is 7.89. The molecule has 2 amide bonds. The fourth-order valence-electron chi connectivity index (χ4n) is 3.76. The number of anilines is 1. The number of sulfonamides is 1. The molecule has 12 heteroatoms. The smallest absolute Gasteiger partial charge is 0.329 e. The van der Waals surface area contributed by atoms with Crippen LogP contribution in [-0.2, 0) is 32.7 Å². The van der Waals surface area contributed by atoms with Crippen molar-refractivity contribution < 1.29 is 27.2 Å². The molecule has 0 saturated carbocycles. The molecule has 0 atom stereocenters. The lowest BCUT2D eigenvalue weighted by molar-refractivity contribution is -0.136. The van der Waals surface area contributed by atoms with Crippen LogP contribution < -0.4 is 15.5 Å². The van der Waals surface area contributed by atoms with Crippen LogP contribution in [0.5, 0.6) is 5.75 Å². The average Bonchev–Trinajstić information content (AvgIpc) is 3.40. The van der Waals surface area contributed by atoms with Crippen molar-refractivity contribution in [2.75, 3.05) is 12.4 Å². The second kappa shape index (κ2) is 13.3. The molecule has 0 aliphatic carbocycles. The molecular weight excluding hydrogens is 568 g/mol. The van der Waals surface area contributed by atoms with Crippen molar-refractivity contribution in [3.8, 4) is 5.75 Å². The summed E-state index contributed by atoms with van der Waals surface area (Å²) in [6, 6.07) is 23.6. The number of hydrogen-bond acceptors (Lipinski definition) is 7. The predicted molar refractivity (Wildman–Crippen MR) is 155 cm³/mol. The SMILES string of the molecule is COc1ccc(Cl)cc1NC(=O)C(=O)N/N=C/c1ccc(CN(Cc2ccccc2)S(=O)(=O)c2ccc(C)cc2)o1. The molecule has 41 heavy (non-hydrogen) atoms. The molecule has 0 aliphatic rings. The van der Waals surface area contributed by atoms with Crippen molar-refractivity contribution in [3.05, 3.63) is 113 Å². The first-order valence-electron chi connectivity index (χ1n) is 12.3. The summed E-state index contributed by atoms with van der Waals surface area (Å²) in [4.78, 5) is 24.6. The van der Waals surface area contributed by atoms with Crippen LogP contribution in [0.25, 0.3) is 0 Å². The van der Waals surface area contributed by atoms with E-state index in [9.17, 15) is 18.0 Å². The number of methoxy groups -OCH3 is 1. The molecule has 0 saturated heterocycles. The highest BCUT2D eigenvalue weighted by atomic mass is 35.5. The maximum Gasteiger partial charge on any atom is 0.329 e. The van der Waals surface area contributed by atoms with Gasteiger partial charge >= 0.3 is 11.8 Å². The predicted octanol–water partition coefficient (Wildman–Crippen LogP) is 4.73. The van der Waals surface area contributed by atoms with Crippen molar-refractivity contribution >= 4 is 45.3 Å². The van der Waals surface area contributed by atoms with Gasteiger partial charge in [-0.1, -0.05) is 59.6 Å². The van der Waals surface area contributed by atoms with Gasteiger partial charge in [-0.3, -0.25) is 9.59 Å². The number of amides is 2. The van der Waals surface area contributed by atoms with Gasteiger partial charge in [0.1, 0.15) is 17.3 Å². The summed E-state index contributed by atoms with van der Waals surface area (Å²) in [5, 5.41) is 6.52. The van der Waals surface area contributed by atoms with E-state index in [2.05, 4.69) is 15.8 Å². The fraction of sp³-hybridized carbons (Fsp3) is 0.138. The number of nitrogens with one attached hydrogen (secondary N) is 2. The van der Waals surface area contributed by atoms with E-state index in [1.807, 2.05) is 37.3 Å². The first kappa shape index (κ1) is 29.5. The fourth-order valence-corrected chi connectivity index (χ4v) is 5.32. The Morgan fingerprint density at radius 2 is 1.71 bits per heavy atom. The number of aryl methyl sites for hydroxylation is 1. The van der Waals surface area contributed by atoms with E-state index >= 15 is 0 Å². The lowest BCUT2D eigenvalue weighted by Gasteiger charge is -2.21. The number of halogens is 1. The molecule has 0 unspecified atom stereocenters. The largest absolute Gasteiger partial charge is 0.495 e. The van der Waals surface area contributed by atoms with Gasteiger partial charge in [-0.25, -0.2) is 13.8 Å². The zero-order valence-electron chi connectivity index (χ0n) is 22.2. The van der Waals surface area contributed by atoms with Gasteiger partial charge in [0.25, 0.3) is 0 Å². The van der Waals surface area contributed by atoms with Crippen LogP contribution in [0.15, 0.2) is 99.3 Å². The van der Waals surface area contributed by atoms with Crippen LogP contribution in [0.3, 0.4) is 0 Å². The van der Waals surface area contributed by atoms with Gasteiger partial charge in [-0.2, -0.15) is 9.41 Å². The Morgan fingerprint density at radius 3 is 2.41 bits per heavy atom.